The van der Waals surface area contributed by atoms with Crippen LogP contribution < -0.4 is 0 Å². The molecule has 2 heteroatoms. The molecule has 0 saturated carbocycles. The zero-order valence-electron chi connectivity index (χ0n) is 8.94. The number of nitrogens with zero attached hydrogens (tertiary/aromatic N) is 1. The standard InChI is InChI=1S/C10H23BrN/c1-5-9-10(11)12(6-2,7-3)8-4/h10H,5-9H2,1-4H3/q+1. The van der Waals surface area contributed by atoms with Gasteiger partial charge in [0, 0.05) is 6.42 Å². The fourth-order valence-electron chi connectivity index (χ4n) is 1.78. The molecule has 0 aliphatic heterocycles. The van der Waals surface area contributed by atoms with E-state index in [0.717, 1.165) is 0 Å². The minimum absolute atomic E-state index is 0.655. The van der Waals surface area contributed by atoms with E-state index < -0.39 is 0 Å². The van der Waals surface area contributed by atoms with Crippen LogP contribution in [-0.2, 0) is 0 Å². The summed E-state index contributed by atoms with van der Waals surface area (Å²) in [4.78, 5) is 0.655. The van der Waals surface area contributed by atoms with Gasteiger partial charge in [0.25, 0.3) is 0 Å². The Bertz CT molecular complexity index is 102. The Morgan fingerprint density at radius 1 is 1.00 bits per heavy atom. The summed E-state index contributed by atoms with van der Waals surface area (Å²) in [6.07, 6.45) is 2.56. The van der Waals surface area contributed by atoms with Gasteiger partial charge >= 0.3 is 0 Å². The number of rotatable bonds is 6. The number of hydrogen-bond acceptors (Lipinski definition) is 0. The van der Waals surface area contributed by atoms with E-state index in [2.05, 4.69) is 43.6 Å². The van der Waals surface area contributed by atoms with Gasteiger partial charge in [-0.3, -0.25) is 0 Å². The zero-order chi connectivity index (χ0) is 9.61. The maximum atomic E-state index is 3.81. The maximum Gasteiger partial charge on any atom is 0.144 e. The van der Waals surface area contributed by atoms with Gasteiger partial charge < -0.3 is 4.48 Å². The van der Waals surface area contributed by atoms with E-state index in [4.69, 9.17) is 0 Å². The maximum absolute atomic E-state index is 3.81. The molecule has 0 aromatic rings. The summed E-state index contributed by atoms with van der Waals surface area (Å²) in [7, 11) is 0. The minimum atomic E-state index is 0.655. The number of quaternary nitrogens is 1. The lowest BCUT2D eigenvalue weighted by Crippen LogP contribution is -2.52. The van der Waals surface area contributed by atoms with Gasteiger partial charge in [0.2, 0.25) is 0 Å². The van der Waals surface area contributed by atoms with E-state index in [1.54, 1.807) is 0 Å². The van der Waals surface area contributed by atoms with Crippen molar-refractivity contribution in [2.45, 2.75) is 45.5 Å². The largest absolute Gasteiger partial charge is 0.313 e. The predicted molar refractivity (Wildman–Crippen MR) is 59.5 cm³/mol. The van der Waals surface area contributed by atoms with E-state index in [0.29, 0.717) is 4.95 Å². The van der Waals surface area contributed by atoms with E-state index in [9.17, 15) is 0 Å². The Kier molecular flexibility index (Phi) is 6.20. The summed E-state index contributed by atoms with van der Waals surface area (Å²) in [5, 5.41) is 0. The van der Waals surface area contributed by atoms with Gasteiger partial charge in [0.05, 0.1) is 19.6 Å². The molecule has 0 rings (SSSR count). The fourth-order valence-corrected chi connectivity index (χ4v) is 3.10. The second kappa shape index (κ2) is 5.98. The molecular formula is C10H23BrN+. The Labute approximate surface area is 85.9 Å². The van der Waals surface area contributed by atoms with Gasteiger partial charge in [-0.15, -0.1) is 0 Å². The highest BCUT2D eigenvalue weighted by molar-refractivity contribution is 9.09. The molecule has 0 saturated heterocycles. The molecule has 0 aliphatic carbocycles. The van der Waals surface area contributed by atoms with Gasteiger partial charge in [0.15, 0.2) is 0 Å². The molecule has 0 radical (unpaired) electrons. The molecule has 12 heavy (non-hydrogen) atoms. The van der Waals surface area contributed by atoms with E-state index in [-0.39, 0.29) is 0 Å². The second-order valence-electron chi connectivity index (χ2n) is 3.39. The summed E-state index contributed by atoms with van der Waals surface area (Å²) >= 11 is 3.81. The molecule has 0 bridgehead atoms. The van der Waals surface area contributed by atoms with Gasteiger partial charge in [0.1, 0.15) is 4.95 Å². The Morgan fingerprint density at radius 3 is 1.67 bits per heavy atom. The Hall–Kier alpha value is 0.440. The van der Waals surface area contributed by atoms with Crippen molar-refractivity contribution in [3.63, 3.8) is 0 Å². The monoisotopic (exact) mass is 236 g/mol. The highest BCUT2D eigenvalue weighted by Crippen LogP contribution is 2.22. The molecule has 0 N–H and O–H groups in total. The summed E-state index contributed by atoms with van der Waals surface area (Å²) in [5.41, 5.74) is 0. The molecule has 1 nitrogen and oxygen atoms in total. The SMILES string of the molecule is CCCC(Br)[N+](CC)(CC)CC. The third-order valence-electron chi connectivity index (χ3n) is 3.01. The molecule has 0 aromatic carbocycles. The van der Waals surface area contributed by atoms with Crippen molar-refractivity contribution in [3.05, 3.63) is 0 Å². The normalized spacial score (nSPS) is 14.8. The number of hydrogen-bond donors (Lipinski definition) is 0. The smallest absolute Gasteiger partial charge is 0.144 e. The van der Waals surface area contributed by atoms with Crippen molar-refractivity contribution in [2.75, 3.05) is 19.6 Å². The van der Waals surface area contributed by atoms with Gasteiger partial charge in [-0.25, -0.2) is 0 Å². The lowest BCUT2D eigenvalue weighted by molar-refractivity contribution is -0.931. The van der Waals surface area contributed by atoms with E-state index in [1.165, 1.54) is 37.0 Å². The molecule has 0 spiro atoms. The minimum Gasteiger partial charge on any atom is -0.313 e. The molecule has 0 fully saturated rings. The van der Waals surface area contributed by atoms with Crippen LogP contribution in [0.25, 0.3) is 0 Å². The molecule has 1 unspecified atom stereocenters. The first-order chi connectivity index (χ1) is 5.66. The lowest BCUT2D eigenvalue weighted by Gasteiger charge is -2.40. The Balaban J connectivity index is 4.24. The van der Waals surface area contributed by atoms with Crippen LogP contribution >= 0.6 is 15.9 Å². The van der Waals surface area contributed by atoms with Crippen LogP contribution in [0.4, 0.5) is 0 Å². The van der Waals surface area contributed by atoms with Crippen LogP contribution in [0.15, 0.2) is 0 Å². The van der Waals surface area contributed by atoms with Crippen molar-refractivity contribution in [1.29, 1.82) is 0 Å². The summed E-state index contributed by atoms with van der Waals surface area (Å²) in [6, 6.07) is 0. The average Bonchev–Trinajstić information content (AvgIpc) is 2.09. The summed E-state index contributed by atoms with van der Waals surface area (Å²) in [5.74, 6) is 0. The van der Waals surface area contributed by atoms with Crippen LogP contribution in [0.2, 0.25) is 0 Å². The first-order valence-electron chi connectivity index (χ1n) is 5.16. The second-order valence-corrected chi connectivity index (χ2v) is 4.45. The first kappa shape index (κ1) is 12.4. The molecule has 0 aromatic heterocycles. The molecule has 0 aliphatic rings. The van der Waals surface area contributed by atoms with Crippen molar-refractivity contribution in [2.24, 2.45) is 0 Å². The first-order valence-corrected chi connectivity index (χ1v) is 6.08. The highest BCUT2D eigenvalue weighted by atomic mass is 79.9. The third-order valence-corrected chi connectivity index (χ3v) is 4.34. The van der Waals surface area contributed by atoms with Crippen LogP contribution in [0, 0.1) is 0 Å². The van der Waals surface area contributed by atoms with Gasteiger partial charge in [-0.2, -0.15) is 0 Å². The fraction of sp³-hybridized carbons (Fsp3) is 1.00. The number of alkyl halides is 1. The highest BCUT2D eigenvalue weighted by Gasteiger charge is 2.28. The van der Waals surface area contributed by atoms with Gasteiger partial charge in [-0.1, -0.05) is 6.92 Å². The van der Waals surface area contributed by atoms with Crippen molar-refractivity contribution in [3.8, 4) is 0 Å². The number of halogens is 1. The van der Waals surface area contributed by atoms with Crippen LogP contribution in [0.3, 0.4) is 0 Å². The van der Waals surface area contributed by atoms with Crippen molar-refractivity contribution < 1.29 is 4.48 Å². The lowest BCUT2D eigenvalue weighted by atomic mass is 10.2. The summed E-state index contributed by atoms with van der Waals surface area (Å²) in [6.45, 7) is 12.8. The zero-order valence-corrected chi connectivity index (χ0v) is 10.5. The van der Waals surface area contributed by atoms with Crippen LogP contribution in [0.1, 0.15) is 40.5 Å². The molecule has 0 heterocycles. The third kappa shape index (κ3) is 2.74. The molecule has 74 valence electrons. The summed E-state index contributed by atoms with van der Waals surface area (Å²) < 4.78 is 1.22. The Morgan fingerprint density at radius 2 is 1.42 bits per heavy atom. The van der Waals surface area contributed by atoms with Crippen molar-refractivity contribution in [1.82, 2.24) is 0 Å². The molecule has 1 atom stereocenters. The molecular weight excluding hydrogens is 214 g/mol. The molecule has 0 amide bonds. The van der Waals surface area contributed by atoms with Crippen LogP contribution in [0.5, 0.6) is 0 Å². The quantitative estimate of drug-likeness (QED) is 0.377. The van der Waals surface area contributed by atoms with Crippen LogP contribution in [-0.4, -0.2) is 29.1 Å². The predicted octanol–water partition coefficient (Wildman–Crippen LogP) is 3.38. The topological polar surface area (TPSA) is 0 Å². The van der Waals surface area contributed by atoms with E-state index >= 15 is 0 Å². The van der Waals surface area contributed by atoms with Crippen molar-refractivity contribution >= 4 is 15.9 Å². The van der Waals surface area contributed by atoms with Gasteiger partial charge in [-0.05, 0) is 43.1 Å². The van der Waals surface area contributed by atoms with E-state index in [1.807, 2.05) is 0 Å². The average molecular weight is 237 g/mol.